The van der Waals surface area contributed by atoms with Gasteiger partial charge in [0.05, 0.1) is 5.69 Å². The van der Waals surface area contributed by atoms with Crippen LogP contribution in [0, 0.1) is 5.82 Å². The molecule has 0 aliphatic heterocycles. The van der Waals surface area contributed by atoms with Crippen LogP contribution < -0.4 is 5.32 Å². The van der Waals surface area contributed by atoms with Gasteiger partial charge in [0.25, 0.3) is 5.91 Å². The van der Waals surface area contributed by atoms with E-state index < -0.39 is 11.7 Å². The Labute approximate surface area is 91.1 Å². The third-order valence-corrected chi connectivity index (χ3v) is 1.93. The van der Waals surface area contributed by atoms with E-state index in [-0.39, 0.29) is 11.4 Å². The van der Waals surface area contributed by atoms with Crippen LogP contribution in [-0.4, -0.2) is 16.1 Å². The van der Waals surface area contributed by atoms with E-state index in [1.807, 2.05) is 0 Å². The molecule has 0 radical (unpaired) electrons. The van der Waals surface area contributed by atoms with Gasteiger partial charge < -0.3 is 5.32 Å². The van der Waals surface area contributed by atoms with Gasteiger partial charge in [-0.25, -0.2) is 4.39 Å². The molecule has 1 aromatic carbocycles. The van der Waals surface area contributed by atoms with Crippen LogP contribution >= 0.6 is 0 Å². The molecular formula is C11H8FN3O. The van der Waals surface area contributed by atoms with Crippen LogP contribution in [-0.2, 0) is 0 Å². The zero-order chi connectivity index (χ0) is 11.4. The molecular weight excluding hydrogens is 209 g/mol. The highest BCUT2D eigenvalue weighted by atomic mass is 19.1. The maximum absolute atomic E-state index is 13.2. The highest BCUT2D eigenvalue weighted by Crippen LogP contribution is 2.12. The molecule has 0 aliphatic carbocycles. The number of carbonyl (C=O) groups excluding carboxylic acids is 1. The fourth-order valence-electron chi connectivity index (χ4n) is 1.17. The number of nitrogens with zero attached hydrogens (tertiary/aromatic N) is 2. The molecule has 5 heteroatoms. The Morgan fingerprint density at radius 3 is 2.69 bits per heavy atom. The first kappa shape index (κ1) is 10.2. The highest BCUT2D eigenvalue weighted by molar-refractivity contribution is 6.02. The maximum Gasteiger partial charge on any atom is 0.276 e. The Morgan fingerprint density at radius 2 is 2.00 bits per heavy atom. The topological polar surface area (TPSA) is 54.9 Å². The number of hydrogen-bond acceptors (Lipinski definition) is 3. The van der Waals surface area contributed by atoms with Crippen molar-refractivity contribution in [1.82, 2.24) is 10.2 Å². The number of rotatable bonds is 2. The summed E-state index contributed by atoms with van der Waals surface area (Å²) in [6, 6.07) is 9.02. The normalized spacial score (nSPS) is 9.81. The van der Waals surface area contributed by atoms with Crippen LogP contribution in [0.3, 0.4) is 0 Å². The minimum Gasteiger partial charge on any atom is -0.318 e. The van der Waals surface area contributed by atoms with Crippen molar-refractivity contribution in [2.45, 2.75) is 0 Å². The molecule has 0 atom stereocenters. The minimum absolute atomic E-state index is 0.123. The lowest BCUT2D eigenvalue weighted by Gasteiger charge is -2.04. The van der Waals surface area contributed by atoms with Crippen molar-refractivity contribution in [3.63, 3.8) is 0 Å². The Kier molecular flexibility index (Phi) is 2.86. The summed E-state index contributed by atoms with van der Waals surface area (Å²) >= 11 is 0. The zero-order valence-electron chi connectivity index (χ0n) is 8.22. The van der Waals surface area contributed by atoms with E-state index in [0.29, 0.717) is 0 Å². The monoisotopic (exact) mass is 217 g/mol. The molecule has 1 heterocycles. The molecule has 16 heavy (non-hydrogen) atoms. The standard InChI is InChI=1S/C11H8FN3O/c12-8-4-1-2-5-9(8)14-11(16)10-6-3-7-13-15-10/h1-7H,(H,14,16). The van der Waals surface area contributed by atoms with Crippen molar-refractivity contribution in [2.75, 3.05) is 5.32 Å². The van der Waals surface area contributed by atoms with Gasteiger partial charge in [-0.2, -0.15) is 5.10 Å². The van der Waals surface area contributed by atoms with Crippen LogP contribution in [0.15, 0.2) is 42.6 Å². The maximum atomic E-state index is 13.2. The number of halogens is 1. The van der Waals surface area contributed by atoms with Gasteiger partial charge in [-0.3, -0.25) is 4.79 Å². The minimum atomic E-state index is -0.488. The number of benzene rings is 1. The summed E-state index contributed by atoms with van der Waals surface area (Å²) < 4.78 is 13.2. The second kappa shape index (κ2) is 4.48. The van der Waals surface area contributed by atoms with E-state index in [1.54, 1.807) is 18.2 Å². The summed E-state index contributed by atoms with van der Waals surface area (Å²) in [6.07, 6.45) is 1.46. The number of amides is 1. The summed E-state index contributed by atoms with van der Waals surface area (Å²) in [6.45, 7) is 0. The fourth-order valence-corrected chi connectivity index (χ4v) is 1.17. The molecule has 80 valence electrons. The van der Waals surface area contributed by atoms with E-state index in [2.05, 4.69) is 15.5 Å². The Hall–Kier alpha value is -2.30. The number of para-hydroxylation sites is 1. The van der Waals surface area contributed by atoms with Gasteiger partial charge >= 0.3 is 0 Å². The molecule has 1 aromatic heterocycles. The average molecular weight is 217 g/mol. The summed E-state index contributed by atoms with van der Waals surface area (Å²) in [5.41, 5.74) is 0.268. The quantitative estimate of drug-likeness (QED) is 0.835. The Morgan fingerprint density at radius 1 is 1.19 bits per heavy atom. The van der Waals surface area contributed by atoms with Crippen LogP contribution in [0.2, 0.25) is 0 Å². The van der Waals surface area contributed by atoms with Crippen LogP contribution in [0.1, 0.15) is 10.5 Å². The Balaban J connectivity index is 2.18. The number of hydrogen-bond donors (Lipinski definition) is 1. The first-order chi connectivity index (χ1) is 7.77. The van der Waals surface area contributed by atoms with Crippen molar-refractivity contribution in [2.24, 2.45) is 0 Å². The first-order valence-corrected chi connectivity index (χ1v) is 4.61. The molecule has 0 saturated carbocycles. The van der Waals surface area contributed by atoms with Crippen molar-refractivity contribution in [3.05, 3.63) is 54.1 Å². The molecule has 2 aromatic rings. The smallest absolute Gasteiger partial charge is 0.276 e. The van der Waals surface area contributed by atoms with Crippen LogP contribution in [0.5, 0.6) is 0 Å². The molecule has 0 bridgehead atoms. The second-order valence-corrected chi connectivity index (χ2v) is 3.04. The second-order valence-electron chi connectivity index (χ2n) is 3.04. The summed E-state index contributed by atoms with van der Waals surface area (Å²) in [7, 11) is 0. The van der Waals surface area contributed by atoms with Crippen molar-refractivity contribution < 1.29 is 9.18 Å². The van der Waals surface area contributed by atoms with E-state index in [4.69, 9.17) is 0 Å². The summed E-state index contributed by atoms with van der Waals surface area (Å²) in [5, 5.41) is 9.60. The van der Waals surface area contributed by atoms with Crippen LogP contribution in [0.25, 0.3) is 0 Å². The highest BCUT2D eigenvalue weighted by Gasteiger charge is 2.09. The van der Waals surface area contributed by atoms with Gasteiger partial charge in [0.2, 0.25) is 0 Å². The molecule has 0 spiro atoms. The SMILES string of the molecule is O=C(Nc1ccccc1F)c1cccnn1. The molecule has 0 saturated heterocycles. The lowest BCUT2D eigenvalue weighted by molar-refractivity contribution is 0.102. The van der Waals surface area contributed by atoms with E-state index >= 15 is 0 Å². The zero-order valence-corrected chi connectivity index (χ0v) is 8.22. The number of aromatic nitrogens is 2. The summed E-state index contributed by atoms with van der Waals surface area (Å²) in [5.74, 6) is -0.974. The predicted molar refractivity (Wildman–Crippen MR) is 56.4 cm³/mol. The van der Waals surface area contributed by atoms with Gasteiger partial charge in [0, 0.05) is 6.20 Å². The number of carbonyl (C=O) groups is 1. The van der Waals surface area contributed by atoms with Gasteiger partial charge in [-0.05, 0) is 24.3 Å². The Bertz CT molecular complexity index is 502. The lowest BCUT2D eigenvalue weighted by Crippen LogP contribution is -2.14. The van der Waals surface area contributed by atoms with E-state index in [0.717, 1.165) is 0 Å². The molecule has 0 aliphatic rings. The molecule has 4 nitrogen and oxygen atoms in total. The molecule has 1 amide bonds. The number of nitrogens with one attached hydrogen (secondary N) is 1. The van der Waals surface area contributed by atoms with Gasteiger partial charge in [0.15, 0.2) is 5.69 Å². The molecule has 2 rings (SSSR count). The molecule has 0 unspecified atom stereocenters. The number of anilines is 1. The fraction of sp³-hybridized carbons (Fsp3) is 0. The predicted octanol–water partition coefficient (Wildman–Crippen LogP) is 1.87. The largest absolute Gasteiger partial charge is 0.318 e. The van der Waals surface area contributed by atoms with E-state index in [1.165, 1.54) is 24.4 Å². The average Bonchev–Trinajstić information content (AvgIpc) is 2.33. The molecule has 0 fully saturated rings. The molecule has 1 N–H and O–H groups in total. The summed E-state index contributed by atoms with van der Waals surface area (Å²) in [4.78, 5) is 11.6. The lowest BCUT2D eigenvalue weighted by atomic mass is 10.3. The van der Waals surface area contributed by atoms with E-state index in [9.17, 15) is 9.18 Å². The third kappa shape index (κ3) is 2.20. The van der Waals surface area contributed by atoms with Gasteiger partial charge in [-0.1, -0.05) is 12.1 Å². The van der Waals surface area contributed by atoms with Gasteiger partial charge in [-0.15, -0.1) is 5.10 Å². The van der Waals surface area contributed by atoms with Crippen molar-refractivity contribution in [1.29, 1.82) is 0 Å². The van der Waals surface area contributed by atoms with Crippen LogP contribution in [0.4, 0.5) is 10.1 Å². The first-order valence-electron chi connectivity index (χ1n) is 4.61. The van der Waals surface area contributed by atoms with Crippen molar-refractivity contribution in [3.8, 4) is 0 Å². The van der Waals surface area contributed by atoms with Crippen molar-refractivity contribution >= 4 is 11.6 Å². The van der Waals surface area contributed by atoms with Gasteiger partial charge in [0.1, 0.15) is 5.82 Å². The third-order valence-electron chi connectivity index (χ3n) is 1.93.